The zero-order chi connectivity index (χ0) is 28.3. The predicted octanol–water partition coefficient (Wildman–Crippen LogP) is 4.49. The van der Waals surface area contributed by atoms with E-state index in [2.05, 4.69) is 29.8 Å². The topological polar surface area (TPSA) is 121 Å². The number of carbonyl (C=O) groups is 5. The van der Waals surface area contributed by atoms with Gasteiger partial charge in [0, 0.05) is 18.4 Å². The fourth-order valence-electron chi connectivity index (χ4n) is 6.88. The molecule has 2 aliphatic carbocycles. The van der Waals surface area contributed by atoms with Crippen LogP contribution in [-0.2, 0) is 19.2 Å². The highest BCUT2D eigenvalue weighted by atomic mass is 16.2. The Balaban J connectivity index is 1.86. The first-order valence-electron chi connectivity index (χ1n) is 14.7. The maximum atomic E-state index is 14.0. The van der Waals surface area contributed by atoms with E-state index in [0.29, 0.717) is 19.3 Å². The van der Waals surface area contributed by atoms with Gasteiger partial charge < -0.3 is 16.0 Å². The van der Waals surface area contributed by atoms with Crippen LogP contribution < -0.4 is 16.0 Å². The molecule has 0 bridgehead atoms. The minimum Gasteiger partial charge on any atom is -0.346 e. The molecule has 8 nitrogen and oxygen atoms in total. The fourth-order valence-corrected chi connectivity index (χ4v) is 6.88. The molecule has 0 aromatic rings. The lowest BCUT2D eigenvalue weighted by Gasteiger charge is -2.30. The molecule has 3 fully saturated rings. The van der Waals surface area contributed by atoms with Crippen molar-refractivity contribution in [2.75, 3.05) is 0 Å². The van der Waals surface area contributed by atoms with Gasteiger partial charge in [0.15, 0.2) is 11.6 Å². The van der Waals surface area contributed by atoms with Crippen LogP contribution >= 0.6 is 0 Å². The molecule has 38 heavy (non-hydrogen) atoms. The average Bonchev–Trinajstić information content (AvgIpc) is 3.14. The first-order chi connectivity index (χ1) is 17.7. The highest BCUT2D eigenvalue weighted by Gasteiger charge is 2.70. The molecular weight excluding hydrogens is 482 g/mol. The summed E-state index contributed by atoms with van der Waals surface area (Å²) in [6.45, 7) is 11.2. The highest BCUT2D eigenvalue weighted by Crippen LogP contribution is 2.70. The van der Waals surface area contributed by atoms with E-state index in [1.807, 2.05) is 20.8 Å². The van der Waals surface area contributed by atoms with Crippen LogP contribution in [0.25, 0.3) is 0 Å². The van der Waals surface area contributed by atoms with Gasteiger partial charge in [-0.3, -0.25) is 19.2 Å². The number of Topliss-reactive ketones (excluding diaryl/α,β-unsaturated/α-hetero) is 3. The predicted molar refractivity (Wildman–Crippen MR) is 146 cm³/mol. The lowest BCUT2D eigenvalue weighted by atomic mass is 9.78. The summed E-state index contributed by atoms with van der Waals surface area (Å²) in [6, 6.07) is -1.89. The minimum absolute atomic E-state index is 0.0514. The quantitative estimate of drug-likeness (QED) is 0.464. The molecular formula is C30H49N3O5. The molecule has 2 saturated carbocycles. The molecule has 0 aromatic heterocycles. The van der Waals surface area contributed by atoms with Crippen LogP contribution in [0.3, 0.4) is 0 Å². The van der Waals surface area contributed by atoms with Gasteiger partial charge in [-0.1, -0.05) is 65.2 Å². The zero-order valence-corrected chi connectivity index (χ0v) is 24.3. The van der Waals surface area contributed by atoms with Gasteiger partial charge in [0.1, 0.15) is 0 Å². The van der Waals surface area contributed by atoms with Crippen molar-refractivity contribution in [1.29, 1.82) is 0 Å². The number of urea groups is 1. The Hall–Kier alpha value is -2.25. The average molecular weight is 532 g/mol. The molecule has 8 heteroatoms. The summed E-state index contributed by atoms with van der Waals surface area (Å²) >= 11 is 0. The summed E-state index contributed by atoms with van der Waals surface area (Å²) in [6.07, 6.45) is 9.46. The van der Waals surface area contributed by atoms with E-state index >= 15 is 0 Å². The van der Waals surface area contributed by atoms with Gasteiger partial charge in [0.05, 0.1) is 18.0 Å². The van der Waals surface area contributed by atoms with Crippen molar-refractivity contribution in [1.82, 2.24) is 16.0 Å². The number of rotatable bonds is 3. The van der Waals surface area contributed by atoms with E-state index in [-0.39, 0.29) is 35.0 Å². The molecule has 3 N–H and O–H groups in total. The third-order valence-electron chi connectivity index (χ3n) is 8.99. The van der Waals surface area contributed by atoms with Gasteiger partial charge in [-0.25, -0.2) is 4.79 Å². The van der Waals surface area contributed by atoms with E-state index in [9.17, 15) is 24.0 Å². The third-order valence-corrected chi connectivity index (χ3v) is 8.99. The van der Waals surface area contributed by atoms with Crippen molar-refractivity contribution in [3.05, 3.63) is 0 Å². The summed E-state index contributed by atoms with van der Waals surface area (Å²) in [7, 11) is 0. The number of hydrogen-bond acceptors (Lipinski definition) is 5. The van der Waals surface area contributed by atoms with Crippen LogP contribution in [-0.4, -0.2) is 46.9 Å². The molecule has 1 saturated heterocycles. The fraction of sp³-hybridized carbons (Fsp3) is 0.833. The van der Waals surface area contributed by atoms with Crippen LogP contribution in [0.1, 0.15) is 112 Å². The van der Waals surface area contributed by atoms with Gasteiger partial charge in [-0.15, -0.1) is 0 Å². The first kappa shape index (κ1) is 30.3. The molecule has 0 radical (unpaired) electrons. The first-order valence-corrected chi connectivity index (χ1v) is 14.7. The molecule has 1 aliphatic heterocycles. The molecule has 0 spiro atoms. The number of ketones is 3. The molecule has 3 aliphatic rings. The lowest BCUT2D eigenvalue weighted by Crippen LogP contribution is -2.54. The van der Waals surface area contributed by atoms with Crippen LogP contribution in [0.5, 0.6) is 0 Å². The summed E-state index contributed by atoms with van der Waals surface area (Å²) < 4.78 is 0. The summed E-state index contributed by atoms with van der Waals surface area (Å²) in [4.78, 5) is 65.1. The lowest BCUT2D eigenvalue weighted by molar-refractivity contribution is -0.140. The number of carbonyl (C=O) groups excluding carboxylic acids is 5. The zero-order valence-electron chi connectivity index (χ0n) is 24.3. The molecule has 3 amide bonds. The summed E-state index contributed by atoms with van der Waals surface area (Å²) in [5.41, 5.74) is -0.492. The molecule has 0 aromatic carbocycles. The van der Waals surface area contributed by atoms with Crippen molar-refractivity contribution < 1.29 is 24.0 Å². The molecule has 3 rings (SSSR count). The second-order valence-electron chi connectivity index (χ2n) is 13.5. The minimum atomic E-state index is -0.848. The number of amides is 3. The van der Waals surface area contributed by atoms with Crippen molar-refractivity contribution in [2.24, 2.45) is 29.1 Å². The maximum Gasteiger partial charge on any atom is 0.315 e. The van der Waals surface area contributed by atoms with Gasteiger partial charge in [0.2, 0.25) is 11.7 Å². The van der Waals surface area contributed by atoms with Gasteiger partial charge >= 0.3 is 6.03 Å². The van der Waals surface area contributed by atoms with Crippen LogP contribution in [0.4, 0.5) is 4.79 Å². The Morgan fingerprint density at radius 1 is 0.895 bits per heavy atom. The SMILES string of the molecule is CC(=O)C(=O)[C@@H]1CCCCCCCCCC[C@H](NC(=O)NC(C)(C)C)C(=O)C2C[C@H]3[C@@H]([C@H]2C(=O)N1)C3(C)C. The third kappa shape index (κ3) is 7.44. The Morgan fingerprint density at radius 3 is 2.00 bits per heavy atom. The smallest absolute Gasteiger partial charge is 0.315 e. The monoisotopic (exact) mass is 531 g/mol. The number of nitrogens with one attached hydrogen (secondary N) is 3. The second kappa shape index (κ2) is 12.3. The van der Waals surface area contributed by atoms with Gasteiger partial charge in [-0.05, 0) is 57.3 Å². The summed E-state index contributed by atoms with van der Waals surface area (Å²) in [5, 5.41) is 8.72. The molecule has 214 valence electrons. The van der Waals surface area contributed by atoms with E-state index in [4.69, 9.17) is 0 Å². The normalized spacial score (nSPS) is 32.7. The van der Waals surface area contributed by atoms with Gasteiger partial charge in [0.25, 0.3) is 0 Å². The second-order valence-corrected chi connectivity index (χ2v) is 13.5. The van der Waals surface area contributed by atoms with Crippen molar-refractivity contribution in [2.45, 2.75) is 130 Å². The number of hydrogen-bond donors (Lipinski definition) is 3. The molecule has 1 unspecified atom stereocenters. The standard InChI is InChI=1S/C30H49N3O5/c1-18(34)25(35)21-15-13-11-9-7-8-10-12-14-16-22(32-28(38)33-29(2,3)4)26(36)19-17-20-24(30(20,5)6)23(19)27(37)31-21/h19-24H,7-17H2,1-6H3,(H,31,37)(H2,32,33,38)/t19?,20-,21-,22-,23-,24-/m0/s1. The Labute approximate surface area is 228 Å². The van der Waals surface area contributed by atoms with E-state index in [1.54, 1.807) is 0 Å². The van der Waals surface area contributed by atoms with Crippen LogP contribution in [0, 0.1) is 29.1 Å². The van der Waals surface area contributed by atoms with Crippen molar-refractivity contribution >= 4 is 29.3 Å². The van der Waals surface area contributed by atoms with Crippen LogP contribution in [0.2, 0.25) is 0 Å². The van der Waals surface area contributed by atoms with Gasteiger partial charge in [-0.2, -0.15) is 0 Å². The number of fused-ring (bicyclic) bond motifs is 3. The van der Waals surface area contributed by atoms with E-state index in [1.165, 1.54) is 6.92 Å². The largest absolute Gasteiger partial charge is 0.346 e. The highest BCUT2D eigenvalue weighted by molar-refractivity contribution is 6.38. The maximum absolute atomic E-state index is 14.0. The van der Waals surface area contributed by atoms with Crippen LogP contribution in [0.15, 0.2) is 0 Å². The Bertz CT molecular complexity index is 921. The van der Waals surface area contributed by atoms with Crippen molar-refractivity contribution in [3.8, 4) is 0 Å². The van der Waals surface area contributed by atoms with E-state index in [0.717, 1.165) is 51.4 Å². The Morgan fingerprint density at radius 2 is 1.45 bits per heavy atom. The Kier molecular flexibility index (Phi) is 9.80. The molecule has 6 atom stereocenters. The van der Waals surface area contributed by atoms with E-state index < -0.39 is 41.0 Å². The summed E-state index contributed by atoms with van der Waals surface area (Å²) in [5.74, 6) is -2.28. The molecule has 1 heterocycles. The van der Waals surface area contributed by atoms with Crippen molar-refractivity contribution in [3.63, 3.8) is 0 Å².